The molecule has 0 amide bonds. The van der Waals surface area contributed by atoms with Crippen LogP contribution in [0.15, 0.2) is 29.3 Å². The molecule has 0 aliphatic carbocycles. The lowest BCUT2D eigenvalue weighted by Crippen LogP contribution is -2.38. The van der Waals surface area contributed by atoms with Crippen molar-refractivity contribution in [1.82, 2.24) is 10.6 Å². The number of halogens is 5. The summed E-state index contributed by atoms with van der Waals surface area (Å²) in [6, 6.07) is 7.42. The van der Waals surface area contributed by atoms with Crippen LogP contribution in [0, 0.1) is 0 Å². The molecular weight excluding hydrogens is 458 g/mol. The number of ether oxygens (including phenoxy) is 1. The molecule has 1 aromatic carbocycles. The Morgan fingerprint density at radius 3 is 2.58 bits per heavy atom. The quantitative estimate of drug-likeness (QED) is 0.257. The van der Waals surface area contributed by atoms with Gasteiger partial charge in [0.2, 0.25) is 0 Å². The molecule has 0 bridgehead atoms. The van der Waals surface area contributed by atoms with Crippen molar-refractivity contribution >= 4 is 41.5 Å². The van der Waals surface area contributed by atoms with E-state index >= 15 is 0 Å². The third-order valence-electron chi connectivity index (χ3n) is 2.73. The second-order valence-electron chi connectivity index (χ2n) is 4.73. The number of alkyl halides is 3. The second-order valence-corrected chi connectivity index (χ2v) is 5.14. The predicted octanol–water partition coefficient (Wildman–Crippen LogP) is 3.98. The van der Waals surface area contributed by atoms with Gasteiger partial charge in [0.25, 0.3) is 0 Å². The smallest absolute Gasteiger partial charge is 0.372 e. The number of hydrogen-bond acceptors (Lipinski definition) is 2. The third-order valence-corrected chi connectivity index (χ3v) is 3.10. The van der Waals surface area contributed by atoms with E-state index in [0.29, 0.717) is 37.0 Å². The van der Waals surface area contributed by atoms with Crippen molar-refractivity contribution in [2.24, 2.45) is 4.99 Å². The van der Waals surface area contributed by atoms with E-state index < -0.39 is 12.8 Å². The maximum Gasteiger partial charge on any atom is 0.411 e. The van der Waals surface area contributed by atoms with Gasteiger partial charge in [-0.25, -0.2) is 4.99 Å². The lowest BCUT2D eigenvalue weighted by molar-refractivity contribution is -0.173. The van der Waals surface area contributed by atoms with Crippen LogP contribution >= 0.6 is 35.6 Å². The number of guanidine groups is 1. The van der Waals surface area contributed by atoms with Gasteiger partial charge in [-0.15, -0.1) is 24.0 Å². The number of aliphatic imine (C=N–C) groups is 1. The summed E-state index contributed by atoms with van der Waals surface area (Å²) in [6.07, 6.45) is -3.83. The van der Waals surface area contributed by atoms with Gasteiger partial charge in [-0.1, -0.05) is 29.8 Å². The molecule has 0 unspecified atom stereocenters. The molecule has 0 aliphatic heterocycles. The van der Waals surface area contributed by atoms with Crippen molar-refractivity contribution in [1.29, 1.82) is 0 Å². The highest BCUT2D eigenvalue weighted by Gasteiger charge is 2.27. The van der Waals surface area contributed by atoms with E-state index in [-0.39, 0.29) is 30.6 Å². The van der Waals surface area contributed by atoms with Crippen LogP contribution < -0.4 is 10.6 Å². The van der Waals surface area contributed by atoms with Gasteiger partial charge < -0.3 is 15.4 Å². The fourth-order valence-electron chi connectivity index (χ4n) is 1.70. The number of nitrogens with one attached hydrogen (secondary N) is 2. The fourth-order valence-corrected chi connectivity index (χ4v) is 1.90. The molecule has 1 rings (SSSR count). The third kappa shape index (κ3) is 10.9. The fraction of sp³-hybridized carbons (Fsp3) is 0.533. The first-order chi connectivity index (χ1) is 10.9. The van der Waals surface area contributed by atoms with E-state index in [9.17, 15) is 13.2 Å². The molecule has 0 aliphatic rings. The maximum absolute atomic E-state index is 11.9. The highest BCUT2D eigenvalue weighted by molar-refractivity contribution is 14.0. The Hall–Kier alpha value is -0.740. The van der Waals surface area contributed by atoms with Gasteiger partial charge in [0.1, 0.15) is 6.61 Å². The summed E-state index contributed by atoms with van der Waals surface area (Å²) in [5.41, 5.74) is 0.903. The summed E-state index contributed by atoms with van der Waals surface area (Å²) < 4.78 is 40.3. The summed E-state index contributed by atoms with van der Waals surface area (Å²) >= 11 is 6.06. The van der Waals surface area contributed by atoms with Gasteiger partial charge in [-0.2, -0.15) is 13.2 Å². The monoisotopic (exact) mass is 479 g/mol. The SMILES string of the molecule is CCNC(=NCc1ccccc1Cl)NCCCOCC(F)(F)F.I. The van der Waals surface area contributed by atoms with Crippen molar-refractivity contribution < 1.29 is 17.9 Å². The largest absolute Gasteiger partial charge is 0.411 e. The molecule has 0 spiro atoms. The second kappa shape index (κ2) is 12.6. The summed E-state index contributed by atoms with van der Waals surface area (Å²) in [4.78, 5) is 4.39. The minimum Gasteiger partial charge on any atom is -0.372 e. The van der Waals surface area contributed by atoms with Gasteiger partial charge in [0.05, 0.1) is 6.54 Å². The zero-order valence-corrected chi connectivity index (χ0v) is 16.4. The van der Waals surface area contributed by atoms with E-state index in [0.717, 1.165) is 5.56 Å². The number of hydrogen-bond donors (Lipinski definition) is 2. The van der Waals surface area contributed by atoms with E-state index in [1.807, 2.05) is 25.1 Å². The Bertz CT molecular complexity index is 501. The van der Waals surface area contributed by atoms with Crippen molar-refractivity contribution in [3.05, 3.63) is 34.9 Å². The summed E-state index contributed by atoms with van der Waals surface area (Å²) in [7, 11) is 0. The van der Waals surface area contributed by atoms with Crippen LogP contribution in [-0.4, -0.2) is 38.4 Å². The number of rotatable bonds is 8. The Kier molecular flexibility index (Phi) is 12.2. The highest BCUT2D eigenvalue weighted by Crippen LogP contribution is 2.15. The van der Waals surface area contributed by atoms with Gasteiger partial charge >= 0.3 is 6.18 Å². The topological polar surface area (TPSA) is 45.7 Å². The molecule has 138 valence electrons. The number of nitrogens with zero attached hydrogens (tertiary/aromatic N) is 1. The normalized spacial score (nSPS) is 11.8. The average Bonchev–Trinajstić information content (AvgIpc) is 2.48. The molecular formula is C15H22ClF3IN3O. The van der Waals surface area contributed by atoms with E-state index in [1.165, 1.54) is 0 Å². The first-order valence-corrected chi connectivity index (χ1v) is 7.70. The molecule has 1 aromatic rings. The van der Waals surface area contributed by atoms with Crippen molar-refractivity contribution in [2.45, 2.75) is 26.1 Å². The molecule has 9 heteroatoms. The summed E-state index contributed by atoms with van der Waals surface area (Å²) in [5, 5.41) is 6.75. The molecule has 0 saturated heterocycles. The van der Waals surface area contributed by atoms with Gasteiger partial charge in [0.15, 0.2) is 5.96 Å². The van der Waals surface area contributed by atoms with Crippen LogP contribution in [0.3, 0.4) is 0 Å². The first kappa shape index (κ1) is 23.3. The molecule has 4 nitrogen and oxygen atoms in total. The maximum atomic E-state index is 11.9. The van der Waals surface area contributed by atoms with Crippen LogP contribution in [0.4, 0.5) is 13.2 Å². The number of benzene rings is 1. The van der Waals surface area contributed by atoms with Crippen molar-refractivity contribution in [2.75, 3.05) is 26.3 Å². The average molecular weight is 480 g/mol. The predicted molar refractivity (Wildman–Crippen MR) is 101 cm³/mol. The molecule has 0 aromatic heterocycles. The highest BCUT2D eigenvalue weighted by atomic mass is 127. The van der Waals surface area contributed by atoms with Crippen LogP contribution in [-0.2, 0) is 11.3 Å². The van der Waals surface area contributed by atoms with Crippen LogP contribution in [0.25, 0.3) is 0 Å². The lowest BCUT2D eigenvalue weighted by Gasteiger charge is -2.12. The van der Waals surface area contributed by atoms with Crippen LogP contribution in [0.1, 0.15) is 18.9 Å². The standard InChI is InChI=1S/C15H21ClF3N3O.HI/c1-2-20-14(21-8-5-9-23-11-15(17,18)19)22-10-12-6-3-4-7-13(12)16;/h3-4,6-7H,2,5,8-11H2,1H3,(H2,20,21,22);1H. The van der Waals surface area contributed by atoms with E-state index in [4.69, 9.17) is 11.6 Å². The van der Waals surface area contributed by atoms with Gasteiger partial charge in [-0.05, 0) is 25.0 Å². The lowest BCUT2D eigenvalue weighted by atomic mass is 10.2. The minimum atomic E-state index is -4.28. The molecule has 0 fully saturated rings. The van der Waals surface area contributed by atoms with Gasteiger partial charge in [-0.3, -0.25) is 0 Å². The van der Waals surface area contributed by atoms with Crippen LogP contribution in [0.2, 0.25) is 5.02 Å². The van der Waals surface area contributed by atoms with E-state index in [2.05, 4.69) is 20.4 Å². The molecule has 0 heterocycles. The van der Waals surface area contributed by atoms with Gasteiger partial charge in [0, 0.05) is 24.7 Å². The van der Waals surface area contributed by atoms with Crippen LogP contribution in [0.5, 0.6) is 0 Å². The zero-order valence-electron chi connectivity index (χ0n) is 13.3. The Morgan fingerprint density at radius 2 is 1.96 bits per heavy atom. The molecule has 24 heavy (non-hydrogen) atoms. The Morgan fingerprint density at radius 1 is 1.25 bits per heavy atom. The molecule has 0 atom stereocenters. The minimum absolute atomic E-state index is 0. The van der Waals surface area contributed by atoms with Crippen molar-refractivity contribution in [3.63, 3.8) is 0 Å². The van der Waals surface area contributed by atoms with E-state index in [1.54, 1.807) is 6.07 Å². The van der Waals surface area contributed by atoms with Crippen molar-refractivity contribution in [3.8, 4) is 0 Å². The first-order valence-electron chi connectivity index (χ1n) is 7.32. The molecule has 0 radical (unpaired) electrons. The summed E-state index contributed by atoms with van der Waals surface area (Å²) in [5.74, 6) is 0.586. The zero-order chi connectivity index (χ0) is 17.1. The Balaban J connectivity index is 0.00000529. The Labute approximate surface area is 162 Å². The molecule has 0 saturated carbocycles. The summed E-state index contributed by atoms with van der Waals surface area (Å²) in [6.45, 7) is 2.31. The molecule has 2 N–H and O–H groups in total.